The molecule has 0 saturated heterocycles. The molecular formula is C6H7LiS. The number of rotatable bonds is 0. The van der Waals surface area contributed by atoms with Crippen LogP contribution in [0, 0.1) is 0 Å². The van der Waals surface area contributed by atoms with Crippen molar-refractivity contribution in [2.45, 2.75) is 4.90 Å². The quantitative estimate of drug-likeness (QED) is 0.385. The molecule has 0 heterocycles. The molecule has 0 aliphatic rings. The third-order valence-electron chi connectivity index (χ3n) is 0.756. The fraction of sp³-hybridized carbons (Fsp3) is 0. The normalized spacial score (nSPS) is 7.62. The molecule has 0 aliphatic heterocycles. The second-order valence-electron chi connectivity index (χ2n) is 1.34. The zero-order valence-electron chi connectivity index (χ0n) is 3.83. The van der Waals surface area contributed by atoms with Crippen molar-refractivity contribution in [3.05, 3.63) is 30.3 Å². The Bertz CT molecular complexity index is 138. The van der Waals surface area contributed by atoms with Crippen molar-refractivity contribution in [2.24, 2.45) is 0 Å². The van der Waals surface area contributed by atoms with Gasteiger partial charge in [0.1, 0.15) is 0 Å². The van der Waals surface area contributed by atoms with E-state index in [0.29, 0.717) is 0 Å². The van der Waals surface area contributed by atoms with E-state index in [1.165, 1.54) is 0 Å². The summed E-state index contributed by atoms with van der Waals surface area (Å²) in [5.74, 6) is 0. The van der Waals surface area contributed by atoms with Crippen LogP contribution >= 0.6 is 12.6 Å². The molecule has 0 nitrogen and oxygen atoms in total. The number of benzene rings is 1. The van der Waals surface area contributed by atoms with Crippen LogP contribution in [-0.2, 0) is 0 Å². The predicted octanol–water partition coefficient (Wildman–Crippen LogP) is 1.33. The van der Waals surface area contributed by atoms with E-state index in [9.17, 15) is 0 Å². The number of hydrogen-bond donors (Lipinski definition) is 1. The van der Waals surface area contributed by atoms with Crippen molar-refractivity contribution in [2.75, 3.05) is 0 Å². The van der Waals surface area contributed by atoms with E-state index in [1.807, 2.05) is 30.3 Å². The van der Waals surface area contributed by atoms with Crippen molar-refractivity contribution >= 4 is 31.5 Å². The zero-order valence-corrected chi connectivity index (χ0v) is 4.73. The molecule has 0 radical (unpaired) electrons. The molecule has 0 bridgehead atoms. The topological polar surface area (TPSA) is 0 Å². The Morgan fingerprint density at radius 1 is 1.00 bits per heavy atom. The third-order valence-corrected chi connectivity index (χ3v) is 1.05. The van der Waals surface area contributed by atoms with Gasteiger partial charge in [0.15, 0.2) is 0 Å². The molecule has 0 unspecified atom stereocenters. The van der Waals surface area contributed by atoms with Crippen molar-refractivity contribution in [3.8, 4) is 0 Å². The maximum absolute atomic E-state index is 4.08. The molecule has 0 fully saturated rings. The first-order valence-corrected chi connectivity index (χ1v) is 2.58. The molecule has 0 amide bonds. The Kier molecular flexibility index (Phi) is 4.17. The van der Waals surface area contributed by atoms with Crippen molar-refractivity contribution in [1.29, 1.82) is 0 Å². The van der Waals surface area contributed by atoms with Crippen LogP contribution in [0.1, 0.15) is 0 Å². The molecule has 2 heteroatoms. The molecule has 8 heavy (non-hydrogen) atoms. The predicted molar refractivity (Wildman–Crippen MR) is 40.8 cm³/mol. The third kappa shape index (κ3) is 2.47. The molecule has 0 N–H and O–H groups in total. The second kappa shape index (κ2) is 4.09. The Morgan fingerprint density at radius 3 is 1.75 bits per heavy atom. The van der Waals surface area contributed by atoms with E-state index in [1.54, 1.807) is 0 Å². The molecule has 1 aromatic carbocycles. The Morgan fingerprint density at radius 2 is 1.50 bits per heavy atom. The molecule has 0 spiro atoms. The summed E-state index contributed by atoms with van der Waals surface area (Å²) >= 11 is 4.08. The Labute approximate surface area is 66.9 Å². The van der Waals surface area contributed by atoms with E-state index in [2.05, 4.69) is 12.6 Å². The monoisotopic (exact) mass is 118 g/mol. The van der Waals surface area contributed by atoms with Crippen LogP contribution in [0.15, 0.2) is 35.2 Å². The first kappa shape index (κ1) is 8.17. The van der Waals surface area contributed by atoms with Crippen LogP contribution in [0.25, 0.3) is 0 Å². The van der Waals surface area contributed by atoms with Gasteiger partial charge in [0.25, 0.3) is 0 Å². The van der Waals surface area contributed by atoms with E-state index in [-0.39, 0.29) is 18.9 Å². The van der Waals surface area contributed by atoms with E-state index in [4.69, 9.17) is 0 Å². The van der Waals surface area contributed by atoms with Gasteiger partial charge in [-0.15, -0.1) is 12.6 Å². The van der Waals surface area contributed by atoms with Crippen molar-refractivity contribution in [3.63, 3.8) is 0 Å². The van der Waals surface area contributed by atoms with Gasteiger partial charge in [0.05, 0.1) is 0 Å². The fourth-order valence-electron chi connectivity index (χ4n) is 0.428. The van der Waals surface area contributed by atoms with Gasteiger partial charge in [-0.2, -0.15) is 0 Å². The van der Waals surface area contributed by atoms with Crippen LogP contribution < -0.4 is 0 Å². The van der Waals surface area contributed by atoms with Gasteiger partial charge in [-0.05, 0) is 12.1 Å². The summed E-state index contributed by atoms with van der Waals surface area (Å²) in [5, 5.41) is 0. The van der Waals surface area contributed by atoms with Crippen LogP contribution in [0.3, 0.4) is 0 Å². The van der Waals surface area contributed by atoms with Gasteiger partial charge in [-0.1, -0.05) is 18.2 Å². The van der Waals surface area contributed by atoms with Gasteiger partial charge in [-0.25, -0.2) is 0 Å². The van der Waals surface area contributed by atoms with Gasteiger partial charge >= 0.3 is 18.9 Å². The fourth-order valence-corrected chi connectivity index (χ4v) is 0.600. The molecule has 1 aromatic rings. The minimum absolute atomic E-state index is 0. The molecule has 0 saturated carbocycles. The summed E-state index contributed by atoms with van der Waals surface area (Å²) in [6.07, 6.45) is 0. The summed E-state index contributed by atoms with van der Waals surface area (Å²) in [6, 6.07) is 9.79. The molecule has 1 rings (SSSR count). The first-order valence-electron chi connectivity index (χ1n) is 2.13. The number of thiol groups is 1. The standard InChI is InChI=1S/C6H6S.Li.H/c7-6-4-2-1-3-5-6;;/h1-5,7H;;. The molecular weight excluding hydrogens is 111 g/mol. The summed E-state index contributed by atoms with van der Waals surface area (Å²) in [5.41, 5.74) is 0. The van der Waals surface area contributed by atoms with E-state index >= 15 is 0 Å². The molecule has 0 atom stereocenters. The summed E-state index contributed by atoms with van der Waals surface area (Å²) < 4.78 is 0. The SMILES string of the molecule is Sc1ccccc1.[LiH]. The average molecular weight is 118 g/mol. The molecule has 38 valence electrons. The van der Waals surface area contributed by atoms with E-state index < -0.39 is 0 Å². The van der Waals surface area contributed by atoms with Gasteiger partial charge in [0, 0.05) is 4.90 Å². The number of hydrogen-bond acceptors (Lipinski definition) is 1. The van der Waals surface area contributed by atoms with Crippen molar-refractivity contribution < 1.29 is 0 Å². The summed E-state index contributed by atoms with van der Waals surface area (Å²) in [6.45, 7) is 0. The Hall–Kier alpha value is 0.167. The molecule has 0 aliphatic carbocycles. The van der Waals surface area contributed by atoms with E-state index in [0.717, 1.165) is 4.90 Å². The van der Waals surface area contributed by atoms with Crippen LogP contribution in [0.4, 0.5) is 0 Å². The van der Waals surface area contributed by atoms with Crippen LogP contribution in [0.2, 0.25) is 0 Å². The van der Waals surface area contributed by atoms with Crippen molar-refractivity contribution in [1.82, 2.24) is 0 Å². The average Bonchev–Trinajstić information content (AvgIpc) is 1.69. The Balaban J connectivity index is 0.000000490. The zero-order chi connectivity index (χ0) is 5.11. The summed E-state index contributed by atoms with van der Waals surface area (Å²) in [4.78, 5) is 1.02. The van der Waals surface area contributed by atoms with Gasteiger partial charge in [0.2, 0.25) is 0 Å². The molecule has 0 aromatic heterocycles. The van der Waals surface area contributed by atoms with Crippen LogP contribution in [-0.4, -0.2) is 18.9 Å². The maximum atomic E-state index is 4.08. The first-order chi connectivity index (χ1) is 3.39. The minimum atomic E-state index is 0. The summed E-state index contributed by atoms with van der Waals surface area (Å²) in [7, 11) is 0. The van der Waals surface area contributed by atoms with Gasteiger partial charge in [-0.3, -0.25) is 0 Å². The van der Waals surface area contributed by atoms with Gasteiger partial charge < -0.3 is 0 Å². The van der Waals surface area contributed by atoms with Crippen LogP contribution in [0.5, 0.6) is 0 Å². The second-order valence-corrected chi connectivity index (χ2v) is 1.85.